The molecule has 0 amide bonds. The first-order valence-electron chi connectivity index (χ1n) is 8.76. The molecule has 0 bridgehead atoms. The molecule has 0 atom stereocenters. The summed E-state index contributed by atoms with van der Waals surface area (Å²) in [4.78, 5) is 6.88. The van der Waals surface area contributed by atoms with E-state index in [1.807, 2.05) is 24.4 Å². The Labute approximate surface area is 159 Å². The molecule has 26 heavy (non-hydrogen) atoms. The average Bonchev–Trinajstić information content (AvgIpc) is 2.69. The summed E-state index contributed by atoms with van der Waals surface area (Å²) in [6, 6.07) is 10.2. The predicted octanol–water partition coefficient (Wildman–Crippen LogP) is 2.40. The Bertz CT molecular complexity index is 723. The van der Waals surface area contributed by atoms with Crippen LogP contribution in [0.2, 0.25) is 0 Å². The number of hydrogen-bond donors (Lipinski definition) is 1. The molecule has 140 valence electrons. The van der Waals surface area contributed by atoms with E-state index < -0.39 is 0 Å². The molecule has 0 aliphatic carbocycles. The Morgan fingerprint density at radius 3 is 2.58 bits per heavy atom. The van der Waals surface area contributed by atoms with Crippen molar-refractivity contribution >= 4 is 18.2 Å². The Morgan fingerprint density at radius 2 is 1.69 bits per heavy atom. The van der Waals surface area contributed by atoms with Crippen molar-refractivity contribution in [1.82, 2.24) is 10.3 Å². The topological polar surface area (TPSA) is 55.9 Å². The van der Waals surface area contributed by atoms with Crippen LogP contribution in [0.15, 0.2) is 36.5 Å². The maximum absolute atomic E-state index is 5.78. The summed E-state index contributed by atoms with van der Waals surface area (Å²) in [6.07, 6.45) is 1.85. The van der Waals surface area contributed by atoms with Crippen molar-refractivity contribution < 1.29 is 14.2 Å². The van der Waals surface area contributed by atoms with Crippen LogP contribution in [0.4, 0.5) is 5.82 Å². The monoisotopic (exact) mass is 377 g/mol. The molecule has 2 aliphatic heterocycles. The van der Waals surface area contributed by atoms with E-state index in [2.05, 4.69) is 27.3 Å². The largest absolute Gasteiger partial charge is 0.486 e. The lowest BCUT2D eigenvalue weighted by Gasteiger charge is -2.29. The molecule has 3 heterocycles. The van der Waals surface area contributed by atoms with Crippen molar-refractivity contribution in [2.75, 3.05) is 44.4 Å². The van der Waals surface area contributed by atoms with Crippen LogP contribution in [0.1, 0.15) is 11.1 Å². The van der Waals surface area contributed by atoms with Crippen molar-refractivity contribution in [2.24, 2.45) is 0 Å². The molecule has 7 heteroatoms. The molecule has 0 unspecified atom stereocenters. The van der Waals surface area contributed by atoms with Gasteiger partial charge in [0, 0.05) is 43.5 Å². The highest BCUT2D eigenvalue weighted by Crippen LogP contribution is 2.33. The first-order valence-corrected chi connectivity index (χ1v) is 8.76. The molecule has 6 nitrogen and oxygen atoms in total. The molecular weight excluding hydrogens is 354 g/mol. The van der Waals surface area contributed by atoms with Crippen LogP contribution in [-0.2, 0) is 17.8 Å². The molecule has 1 fully saturated rings. The van der Waals surface area contributed by atoms with Crippen LogP contribution < -0.4 is 19.7 Å². The molecule has 4 rings (SSSR count). The minimum Gasteiger partial charge on any atom is -0.486 e. The standard InChI is InChI=1S/C19H23N3O3.ClH/c1-3-15(18-17(5-1)24-11-12-25-18)13-20-14-16-4-2-6-21-19(16)22-7-9-23-10-8-22;/h1-6,20H,7-14H2;1H. The third-order valence-electron chi connectivity index (χ3n) is 4.46. The van der Waals surface area contributed by atoms with E-state index in [1.54, 1.807) is 0 Å². The molecule has 2 aliphatic rings. The second-order valence-electron chi connectivity index (χ2n) is 6.13. The quantitative estimate of drug-likeness (QED) is 0.863. The number of rotatable bonds is 5. The van der Waals surface area contributed by atoms with Gasteiger partial charge >= 0.3 is 0 Å². The molecular formula is C19H24ClN3O3. The van der Waals surface area contributed by atoms with Gasteiger partial charge in [0.05, 0.1) is 13.2 Å². The molecule has 0 spiro atoms. The Morgan fingerprint density at radius 1 is 0.923 bits per heavy atom. The van der Waals surface area contributed by atoms with Crippen LogP contribution in [0.5, 0.6) is 11.5 Å². The van der Waals surface area contributed by atoms with Crippen molar-refractivity contribution in [2.45, 2.75) is 13.1 Å². The lowest BCUT2D eigenvalue weighted by molar-refractivity contribution is 0.122. The molecule has 1 N–H and O–H groups in total. The van der Waals surface area contributed by atoms with Crippen LogP contribution in [0, 0.1) is 0 Å². The van der Waals surface area contributed by atoms with E-state index in [9.17, 15) is 0 Å². The number of para-hydroxylation sites is 1. The SMILES string of the molecule is Cl.c1cnc(N2CCOCC2)c(CNCc2cccc3c2OCCO3)c1. The fourth-order valence-electron chi connectivity index (χ4n) is 3.23. The second kappa shape index (κ2) is 9.07. The summed E-state index contributed by atoms with van der Waals surface area (Å²) in [5.74, 6) is 2.75. The fourth-order valence-corrected chi connectivity index (χ4v) is 3.23. The fraction of sp³-hybridized carbons (Fsp3) is 0.421. The number of hydrogen-bond acceptors (Lipinski definition) is 6. The molecule has 1 aromatic heterocycles. The highest BCUT2D eigenvalue weighted by molar-refractivity contribution is 5.85. The van der Waals surface area contributed by atoms with Crippen molar-refractivity contribution in [3.05, 3.63) is 47.7 Å². The number of anilines is 1. The van der Waals surface area contributed by atoms with E-state index in [0.29, 0.717) is 13.2 Å². The lowest BCUT2D eigenvalue weighted by Crippen LogP contribution is -2.37. The van der Waals surface area contributed by atoms with E-state index in [4.69, 9.17) is 14.2 Å². The molecule has 0 radical (unpaired) electrons. The molecule has 0 saturated carbocycles. The van der Waals surface area contributed by atoms with Crippen LogP contribution in [0.3, 0.4) is 0 Å². The Hall–Kier alpha value is -2.02. The Kier molecular flexibility index (Phi) is 6.55. The van der Waals surface area contributed by atoms with Gasteiger partial charge in [0.2, 0.25) is 0 Å². The summed E-state index contributed by atoms with van der Waals surface area (Å²) in [7, 11) is 0. The number of nitrogens with zero attached hydrogens (tertiary/aromatic N) is 2. The van der Waals surface area contributed by atoms with E-state index in [1.165, 1.54) is 5.56 Å². The zero-order chi connectivity index (χ0) is 16.9. The summed E-state index contributed by atoms with van der Waals surface area (Å²) in [5, 5.41) is 3.51. The minimum atomic E-state index is 0. The number of halogens is 1. The third-order valence-corrected chi connectivity index (χ3v) is 4.46. The summed E-state index contributed by atoms with van der Waals surface area (Å²) < 4.78 is 16.9. The molecule has 1 aromatic carbocycles. The molecule has 2 aromatic rings. The maximum Gasteiger partial charge on any atom is 0.165 e. The van der Waals surface area contributed by atoms with Gasteiger partial charge in [-0.15, -0.1) is 12.4 Å². The zero-order valence-electron chi connectivity index (χ0n) is 14.6. The normalized spacial score (nSPS) is 16.1. The van der Waals surface area contributed by atoms with Crippen LogP contribution in [-0.4, -0.2) is 44.5 Å². The van der Waals surface area contributed by atoms with E-state index in [0.717, 1.165) is 62.3 Å². The summed E-state index contributed by atoms with van der Waals surface area (Å²) >= 11 is 0. The van der Waals surface area contributed by atoms with E-state index >= 15 is 0 Å². The lowest BCUT2D eigenvalue weighted by atomic mass is 10.1. The summed E-state index contributed by atoms with van der Waals surface area (Å²) in [5.41, 5.74) is 2.32. The van der Waals surface area contributed by atoms with Gasteiger partial charge in [-0.2, -0.15) is 0 Å². The Balaban J connectivity index is 0.00000196. The summed E-state index contributed by atoms with van der Waals surface area (Å²) in [6.45, 7) is 6.00. The average molecular weight is 378 g/mol. The number of morpholine rings is 1. The highest BCUT2D eigenvalue weighted by Gasteiger charge is 2.17. The van der Waals surface area contributed by atoms with Gasteiger partial charge < -0.3 is 24.4 Å². The number of fused-ring (bicyclic) bond motifs is 1. The first-order chi connectivity index (χ1) is 12.4. The number of ether oxygens (including phenoxy) is 3. The van der Waals surface area contributed by atoms with Gasteiger partial charge in [0.25, 0.3) is 0 Å². The zero-order valence-corrected chi connectivity index (χ0v) is 15.5. The molecule has 1 saturated heterocycles. The van der Waals surface area contributed by atoms with Gasteiger partial charge in [0.1, 0.15) is 19.0 Å². The van der Waals surface area contributed by atoms with Crippen LogP contribution >= 0.6 is 12.4 Å². The van der Waals surface area contributed by atoms with Gasteiger partial charge in [-0.05, 0) is 12.1 Å². The van der Waals surface area contributed by atoms with Gasteiger partial charge in [-0.3, -0.25) is 0 Å². The number of nitrogens with one attached hydrogen (secondary N) is 1. The predicted molar refractivity (Wildman–Crippen MR) is 102 cm³/mol. The number of aromatic nitrogens is 1. The first kappa shape index (κ1) is 18.8. The highest BCUT2D eigenvalue weighted by atomic mass is 35.5. The number of pyridine rings is 1. The minimum absolute atomic E-state index is 0. The van der Waals surface area contributed by atoms with Crippen LogP contribution in [0.25, 0.3) is 0 Å². The van der Waals surface area contributed by atoms with Crippen molar-refractivity contribution in [1.29, 1.82) is 0 Å². The van der Waals surface area contributed by atoms with Crippen molar-refractivity contribution in [3.63, 3.8) is 0 Å². The van der Waals surface area contributed by atoms with Crippen molar-refractivity contribution in [3.8, 4) is 11.5 Å². The third kappa shape index (κ3) is 4.20. The maximum atomic E-state index is 5.78. The smallest absolute Gasteiger partial charge is 0.165 e. The van der Waals surface area contributed by atoms with Gasteiger partial charge in [-0.1, -0.05) is 18.2 Å². The number of benzene rings is 1. The second-order valence-corrected chi connectivity index (χ2v) is 6.13. The van der Waals surface area contributed by atoms with E-state index in [-0.39, 0.29) is 12.4 Å². The van der Waals surface area contributed by atoms with Gasteiger partial charge in [0.15, 0.2) is 11.5 Å². The van der Waals surface area contributed by atoms with Gasteiger partial charge in [-0.25, -0.2) is 4.98 Å².